The first kappa shape index (κ1) is 10.6. The number of carbonyl (C=O) groups is 2. The molecule has 15 heavy (non-hydrogen) atoms. The Bertz CT molecular complexity index is 268. The maximum Gasteiger partial charge on any atom is 0.229 e. The van der Waals surface area contributed by atoms with Gasteiger partial charge in [0.25, 0.3) is 0 Å². The summed E-state index contributed by atoms with van der Waals surface area (Å²) in [5, 5.41) is 0. The number of imide groups is 1. The highest BCUT2D eigenvalue weighted by molar-refractivity contribution is 5.98. The van der Waals surface area contributed by atoms with Crippen LogP contribution in [0.3, 0.4) is 0 Å². The molecule has 1 unspecified atom stereocenters. The summed E-state index contributed by atoms with van der Waals surface area (Å²) in [5.41, 5.74) is 5.49. The van der Waals surface area contributed by atoms with Crippen LogP contribution in [0, 0.1) is 11.8 Å². The lowest BCUT2D eigenvalue weighted by molar-refractivity contribution is -0.152. The topological polar surface area (TPSA) is 63.4 Å². The zero-order valence-corrected chi connectivity index (χ0v) is 9.11. The Labute approximate surface area is 89.8 Å². The summed E-state index contributed by atoms with van der Waals surface area (Å²) in [5.74, 6) is 0.890. The van der Waals surface area contributed by atoms with Crippen molar-refractivity contribution in [1.82, 2.24) is 4.90 Å². The Hall–Kier alpha value is -0.900. The second-order valence-electron chi connectivity index (χ2n) is 4.75. The van der Waals surface area contributed by atoms with Crippen molar-refractivity contribution in [2.75, 3.05) is 6.54 Å². The molecule has 2 rings (SSSR count). The van der Waals surface area contributed by atoms with Gasteiger partial charge >= 0.3 is 0 Å². The van der Waals surface area contributed by atoms with Crippen LogP contribution in [0.4, 0.5) is 0 Å². The molecular formula is C11H18N2O2. The molecular weight excluding hydrogens is 192 g/mol. The second-order valence-corrected chi connectivity index (χ2v) is 4.75. The smallest absolute Gasteiger partial charge is 0.229 e. The van der Waals surface area contributed by atoms with E-state index in [4.69, 9.17) is 5.73 Å². The van der Waals surface area contributed by atoms with Crippen LogP contribution in [-0.4, -0.2) is 29.3 Å². The lowest BCUT2D eigenvalue weighted by Crippen LogP contribution is -2.50. The number of rotatable bonds is 3. The van der Waals surface area contributed by atoms with Gasteiger partial charge in [0.05, 0.1) is 0 Å². The van der Waals surface area contributed by atoms with Crippen molar-refractivity contribution < 1.29 is 9.59 Å². The number of carbonyl (C=O) groups excluding carboxylic acids is 2. The summed E-state index contributed by atoms with van der Waals surface area (Å²) in [7, 11) is 0. The van der Waals surface area contributed by atoms with Gasteiger partial charge in [-0.2, -0.15) is 0 Å². The second kappa shape index (κ2) is 3.93. The van der Waals surface area contributed by atoms with E-state index in [-0.39, 0.29) is 17.9 Å². The number of piperidine rings is 1. The fraction of sp³-hybridized carbons (Fsp3) is 0.818. The van der Waals surface area contributed by atoms with Gasteiger partial charge in [-0.15, -0.1) is 0 Å². The van der Waals surface area contributed by atoms with Crippen LogP contribution in [0.1, 0.15) is 32.6 Å². The maximum absolute atomic E-state index is 11.8. The van der Waals surface area contributed by atoms with Crippen LogP contribution in [0.15, 0.2) is 0 Å². The molecule has 2 N–H and O–H groups in total. The number of hydrogen-bond acceptors (Lipinski definition) is 3. The third-order valence-electron chi connectivity index (χ3n) is 3.48. The Morgan fingerprint density at radius 3 is 2.20 bits per heavy atom. The molecule has 1 aliphatic carbocycles. The Morgan fingerprint density at radius 1 is 1.27 bits per heavy atom. The van der Waals surface area contributed by atoms with Crippen molar-refractivity contribution in [3.8, 4) is 0 Å². The molecule has 1 atom stereocenters. The molecule has 1 saturated carbocycles. The van der Waals surface area contributed by atoms with E-state index in [0.29, 0.717) is 31.2 Å². The van der Waals surface area contributed by atoms with Gasteiger partial charge in [-0.05, 0) is 31.6 Å². The minimum absolute atomic E-state index is 0.0268. The molecule has 0 bridgehead atoms. The van der Waals surface area contributed by atoms with Crippen LogP contribution in [0.2, 0.25) is 0 Å². The number of amides is 2. The molecule has 4 heteroatoms. The third kappa shape index (κ3) is 2.04. The summed E-state index contributed by atoms with van der Waals surface area (Å²) >= 11 is 0. The minimum Gasteiger partial charge on any atom is -0.328 e. The highest BCUT2D eigenvalue weighted by Gasteiger charge is 2.41. The maximum atomic E-state index is 11.8. The van der Waals surface area contributed by atoms with Gasteiger partial charge in [-0.1, -0.05) is 0 Å². The quantitative estimate of drug-likeness (QED) is 0.690. The molecule has 4 nitrogen and oxygen atoms in total. The Morgan fingerprint density at radius 2 is 1.80 bits per heavy atom. The summed E-state index contributed by atoms with van der Waals surface area (Å²) in [6, 6.07) is -0.148. The van der Waals surface area contributed by atoms with Crippen molar-refractivity contribution in [2.45, 2.75) is 38.6 Å². The molecule has 1 heterocycles. The van der Waals surface area contributed by atoms with Crippen LogP contribution in [0.5, 0.6) is 0 Å². The average molecular weight is 210 g/mol. The molecule has 0 aromatic rings. The number of hydrogen-bond donors (Lipinski definition) is 1. The summed E-state index contributed by atoms with van der Waals surface area (Å²) in [6.07, 6.45) is 3.47. The zero-order valence-electron chi connectivity index (χ0n) is 9.11. The fourth-order valence-corrected chi connectivity index (χ4v) is 2.35. The van der Waals surface area contributed by atoms with Crippen LogP contribution in [-0.2, 0) is 9.59 Å². The Balaban J connectivity index is 2.03. The molecule has 84 valence electrons. The number of nitrogens with zero attached hydrogens (tertiary/aromatic N) is 1. The van der Waals surface area contributed by atoms with E-state index in [1.807, 2.05) is 6.92 Å². The molecule has 0 radical (unpaired) electrons. The van der Waals surface area contributed by atoms with Crippen LogP contribution >= 0.6 is 0 Å². The van der Waals surface area contributed by atoms with E-state index >= 15 is 0 Å². The molecule has 1 saturated heterocycles. The van der Waals surface area contributed by atoms with Crippen molar-refractivity contribution >= 4 is 11.8 Å². The van der Waals surface area contributed by atoms with E-state index in [1.165, 1.54) is 17.7 Å². The standard InChI is InChI=1S/C11H18N2O2/c1-7(6-12)13-10(14)4-9(5-11(13)15)8-2-3-8/h7-9H,2-6,12H2,1H3. The normalized spacial score (nSPS) is 25.9. The number of nitrogens with two attached hydrogens (primary N) is 1. The molecule has 2 aliphatic rings. The van der Waals surface area contributed by atoms with E-state index in [0.717, 1.165) is 0 Å². The van der Waals surface area contributed by atoms with Crippen molar-refractivity contribution in [1.29, 1.82) is 0 Å². The lowest BCUT2D eigenvalue weighted by Gasteiger charge is -2.33. The minimum atomic E-state index is -0.148. The lowest BCUT2D eigenvalue weighted by atomic mass is 9.90. The van der Waals surface area contributed by atoms with Gasteiger partial charge in [0, 0.05) is 25.4 Å². The van der Waals surface area contributed by atoms with E-state index in [2.05, 4.69) is 0 Å². The van der Waals surface area contributed by atoms with Crippen LogP contribution in [0.25, 0.3) is 0 Å². The van der Waals surface area contributed by atoms with Gasteiger partial charge in [-0.3, -0.25) is 14.5 Å². The van der Waals surface area contributed by atoms with Crippen LogP contribution < -0.4 is 5.73 Å². The van der Waals surface area contributed by atoms with Crippen molar-refractivity contribution in [3.63, 3.8) is 0 Å². The summed E-state index contributed by atoms with van der Waals surface area (Å²) < 4.78 is 0. The Kier molecular flexibility index (Phi) is 2.78. The summed E-state index contributed by atoms with van der Waals surface area (Å²) in [6.45, 7) is 2.18. The molecule has 0 aromatic heterocycles. The molecule has 2 fully saturated rings. The monoisotopic (exact) mass is 210 g/mol. The van der Waals surface area contributed by atoms with Crippen molar-refractivity contribution in [3.05, 3.63) is 0 Å². The SMILES string of the molecule is CC(CN)N1C(=O)CC(C2CC2)CC1=O. The first-order chi connectivity index (χ1) is 7.13. The van der Waals surface area contributed by atoms with Gasteiger partial charge in [0.15, 0.2) is 0 Å². The predicted octanol–water partition coefficient (Wildman–Crippen LogP) is 0.509. The van der Waals surface area contributed by atoms with Gasteiger partial charge in [-0.25, -0.2) is 0 Å². The van der Waals surface area contributed by atoms with E-state index in [9.17, 15) is 9.59 Å². The predicted molar refractivity (Wildman–Crippen MR) is 55.8 cm³/mol. The average Bonchev–Trinajstić information content (AvgIpc) is 2.99. The first-order valence-electron chi connectivity index (χ1n) is 5.68. The zero-order chi connectivity index (χ0) is 11.0. The molecule has 0 aromatic carbocycles. The van der Waals surface area contributed by atoms with E-state index in [1.54, 1.807) is 0 Å². The molecule has 0 spiro atoms. The van der Waals surface area contributed by atoms with E-state index < -0.39 is 0 Å². The third-order valence-corrected chi connectivity index (χ3v) is 3.48. The molecule has 1 aliphatic heterocycles. The fourth-order valence-electron chi connectivity index (χ4n) is 2.35. The van der Waals surface area contributed by atoms with Gasteiger partial charge < -0.3 is 5.73 Å². The molecule has 2 amide bonds. The van der Waals surface area contributed by atoms with Gasteiger partial charge in [0.2, 0.25) is 11.8 Å². The van der Waals surface area contributed by atoms with Gasteiger partial charge in [0.1, 0.15) is 0 Å². The largest absolute Gasteiger partial charge is 0.328 e. The summed E-state index contributed by atoms with van der Waals surface area (Å²) in [4.78, 5) is 25.0. The highest BCUT2D eigenvalue weighted by atomic mass is 16.2. The highest BCUT2D eigenvalue weighted by Crippen LogP contribution is 2.42. The van der Waals surface area contributed by atoms with Crippen molar-refractivity contribution in [2.24, 2.45) is 17.6 Å². The first-order valence-corrected chi connectivity index (χ1v) is 5.68. The number of likely N-dealkylation sites (tertiary alicyclic amines) is 1.